The van der Waals surface area contributed by atoms with Crippen molar-refractivity contribution in [2.75, 3.05) is 20.1 Å². The summed E-state index contributed by atoms with van der Waals surface area (Å²) in [5, 5.41) is 20.8. The highest BCUT2D eigenvalue weighted by atomic mass is 16.3. The highest BCUT2D eigenvalue weighted by Gasteiger charge is 2.08. The average Bonchev–Trinajstić information content (AvgIpc) is 1.88. The third-order valence-corrected chi connectivity index (χ3v) is 1.26. The van der Waals surface area contributed by atoms with Crippen LogP contribution in [0.4, 0.5) is 0 Å². The highest BCUT2D eigenvalue weighted by molar-refractivity contribution is 4.64. The summed E-state index contributed by atoms with van der Waals surface area (Å²) in [4.78, 5) is 0. The van der Waals surface area contributed by atoms with E-state index >= 15 is 0 Å². The minimum absolute atomic E-state index is 0.209. The molecule has 0 aliphatic heterocycles. The van der Waals surface area contributed by atoms with Crippen LogP contribution in [-0.4, -0.2) is 42.6 Å². The normalized spacial score (nSPS) is 16.8. The Hall–Kier alpha value is -0.160. The molecule has 0 aliphatic rings. The van der Waals surface area contributed by atoms with E-state index < -0.39 is 12.2 Å². The van der Waals surface area contributed by atoms with Crippen LogP contribution in [0.5, 0.6) is 0 Å². The van der Waals surface area contributed by atoms with Crippen molar-refractivity contribution in [3.8, 4) is 0 Å². The first-order valence-electron chi connectivity index (χ1n) is 3.41. The Labute approximate surface area is 61.0 Å². The van der Waals surface area contributed by atoms with Gasteiger partial charge in [-0.25, -0.2) is 0 Å². The van der Waals surface area contributed by atoms with E-state index in [4.69, 9.17) is 15.9 Å². The van der Waals surface area contributed by atoms with Crippen molar-refractivity contribution >= 4 is 0 Å². The molecule has 0 spiro atoms. The van der Waals surface area contributed by atoms with Crippen LogP contribution >= 0.6 is 0 Å². The van der Waals surface area contributed by atoms with Gasteiger partial charge in [-0.15, -0.1) is 0 Å². The number of hydrogen-bond acceptors (Lipinski definition) is 4. The molecule has 5 N–H and O–H groups in total. The number of nitrogens with two attached hydrogens (primary N) is 1. The molecular weight excluding hydrogens is 132 g/mol. The van der Waals surface area contributed by atoms with Crippen LogP contribution in [0.1, 0.15) is 6.42 Å². The van der Waals surface area contributed by atoms with Crippen LogP contribution in [0.15, 0.2) is 0 Å². The predicted octanol–water partition coefficient (Wildman–Crippen LogP) is -1.72. The first-order chi connectivity index (χ1) is 4.70. The molecule has 0 radical (unpaired) electrons. The van der Waals surface area contributed by atoms with Crippen LogP contribution < -0.4 is 11.1 Å². The van der Waals surface area contributed by atoms with Crippen molar-refractivity contribution in [3.05, 3.63) is 0 Å². The summed E-state index contributed by atoms with van der Waals surface area (Å²) in [5.74, 6) is 0. The Morgan fingerprint density at radius 3 is 2.40 bits per heavy atom. The van der Waals surface area contributed by atoms with Crippen molar-refractivity contribution < 1.29 is 10.2 Å². The van der Waals surface area contributed by atoms with E-state index in [1.807, 2.05) is 0 Å². The van der Waals surface area contributed by atoms with Gasteiger partial charge in [0.2, 0.25) is 0 Å². The molecule has 2 unspecified atom stereocenters. The fourth-order valence-corrected chi connectivity index (χ4v) is 0.729. The molecule has 0 aromatic heterocycles. The maximum atomic E-state index is 9.07. The standard InChI is InChI=1S/C6H16N2O2/c1-8-4-6(10)2-5(9)3-7/h5-6,8-10H,2-4,7H2,1H3. The zero-order chi connectivity index (χ0) is 7.98. The van der Waals surface area contributed by atoms with Crippen LogP contribution in [0.2, 0.25) is 0 Å². The monoisotopic (exact) mass is 148 g/mol. The maximum absolute atomic E-state index is 9.07. The molecule has 10 heavy (non-hydrogen) atoms. The zero-order valence-corrected chi connectivity index (χ0v) is 6.25. The quantitative estimate of drug-likeness (QED) is 0.374. The first kappa shape index (κ1) is 9.84. The number of nitrogens with one attached hydrogen (secondary N) is 1. The third kappa shape index (κ3) is 4.69. The lowest BCUT2D eigenvalue weighted by atomic mass is 10.1. The third-order valence-electron chi connectivity index (χ3n) is 1.26. The number of hydrogen-bond donors (Lipinski definition) is 4. The molecule has 0 aromatic carbocycles. The van der Waals surface area contributed by atoms with Gasteiger partial charge >= 0.3 is 0 Å². The summed E-state index contributed by atoms with van der Waals surface area (Å²) >= 11 is 0. The number of aliphatic hydroxyl groups excluding tert-OH is 2. The van der Waals surface area contributed by atoms with Gasteiger partial charge in [-0.2, -0.15) is 0 Å². The van der Waals surface area contributed by atoms with E-state index in [1.165, 1.54) is 0 Å². The number of aliphatic hydroxyl groups is 2. The molecule has 0 aromatic rings. The van der Waals surface area contributed by atoms with Crippen LogP contribution in [0, 0.1) is 0 Å². The lowest BCUT2D eigenvalue weighted by molar-refractivity contribution is 0.0859. The van der Waals surface area contributed by atoms with Crippen molar-refractivity contribution in [3.63, 3.8) is 0 Å². The molecule has 0 rings (SSSR count). The Kier molecular flexibility index (Phi) is 5.52. The summed E-state index contributed by atoms with van der Waals surface area (Å²) in [6.45, 7) is 0.706. The molecule has 4 heteroatoms. The Morgan fingerprint density at radius 2 is 2.00 bits per heavy atom. The van der Waals surface area contributed by atoms with E-state index in [0.29, 0.717) is 13.0 Å². The van der Waals surface area contributed by atoms with Gasteiger partial charge in [-0.1, -0.05) is 0 Å². The maximum Gasteiger partial charge on any atom is 0.0689 e. The van der Waals surface area contributed by atoms with Crippen molar-refractivity contribution in [2.45, 2.75) is 18.6 Å². The van der Waals surface area contributed by atoms with Gasteiger partial charge in [0.15, 0.2) is 0 Å². The Bertz CT molecular complexity index is 80.1. The largest absolute Gasteiger partial charge is 0.392 e. The van der Waals surface area contributed by atoms with Crippen LogP contribution in [0.3, 0.4) is 0 Å². The first-order valence-corrected chi connectivity index (χ1v) is 3.41. The fourth-order valence-electron chi connectivity index (χ4n) is 0.729. The molecule has 0 aliphatic carbocycles. The van der Waals surface area contributed by atoms with Gasteiger partial charge in [0, 0.05) is 19.5 Å². The molecule has 0 saturated carbocycles. The van der Waals surface area contributed by atoms with E-state index in [1.54, 1.807) is 7.05 Å². The van der Waals surface area contributed by atoms with Gasteiger partial charge in [0.1, 0.15) is 0 Å². The number of likely N-dealkylation sites (N-methyl/N-ethyl adjacent to an activating group) is 1. The van der Waals surface area contributed by atoms with E-state index in [2.05, 4.69) is 5.32 Å². The average molecular weight is 148 g/mol. The second-order valence-electron chi connectivity index (χ2n) is 2.34. The molecule has 2 atom stereocenters. The molecule has 0 bridgehead atoms. The molecule has 62 valence electrons. The van der Waals surface area contributed by atoms with Crippen molar-refractivity contribution in [1.82, 2.24) is 5.32 Å². The summed E-state index contributed by atoms with van der Waals surface area (Å²) in [6, 6.07) is 0. The second-order valence-corrected chi connectivity index (χ2v) is 2.34. The molecule has 0 heterocycles. The minimum atomic E-state index is -0.580. The van der Waals surface area contributed by atoms with Crippen molar-refractivity contribution in [1.29, 1.82) is 0 Å². The van der Waals surface area contributed by atoms with Crippen LogP contribution in [0.25, 0.3) is 0 Å². The minimum Gasteiger partial charge on any atom is -0.392 e. The topological polar surface area (TPSA) is 78.5 Å². The molecule has 0 amide bonds. The van der Waals surface area contributed by atoms with Gasteiger partial charge < -0.3 is 21.3 Å². The Balaban J connectivity index is 3.27. The van der Waals surface area contributed by atoms with Gasteiger partial charge in [0.25, 0.3) is 0 Å². The van der Waals surface area contributed by atoms with Gasteiger partial charge in [0.05, 0.1) is 12.2 Å². The lowest BCUT2D eigenvalue weighted by Crippen LogP contribution is -2.31. The van der Waals surface area contributed by atoms with E-state index in [0.717, 1.165) is 0 Å². The molecule has 4 nitrogen and oxygen atoms in total. The second kappa shape index (κ2) is 5.61. The number of rotatable bonds is 5. The zero-order valence-electron chi connectivity index (χ0n) is 6.25. The summed E-state index contributed by atoms with van der Waals surface area (Å²) in [7, 11) is 1.75. The smallest absolute Gasteiger partial charge is 0.0689 e. The summed E-state index contributed by atoms with van der Waals surface area (Å²) in [6.07, 6.45) is -0.732. The SMILES string of the molecule is CNCC(O)CC(O)CN. The van der Waals surface area contributed by atoms with Crippen molar-refractivity contribution in [2.24, 2.45) is 5.73 Å². The Morgan fingerprint density at radius 1 is 1.40 bits per heavy atom. The molecule has 0 fully saturated rings. The van der Waals surface area contributed by atoms with E-state index in [9.17, 15) is 0 Å². The fraction of sp³-hybridized carbons (Fsp3) is 1.00. The van der Waals surface area contributed by atoms with Crippen LogP contribution in [-0.2, 0) is 0 Å². The lowest BCUT2D eigenvalue weighted by Gasteiger charge is -2.12. The predicted molar refractivity (Wildman–Crippen MR) is 39.6 cm³/mol. The van der Waals surface area contributed by atoms with Gasteiger partial charge in [-0.3, -0.25) is 0 Å². The highest BCUT2D eigenvalue weighted by Crippen LogP contribution is 1.94. The summed E-state index contributed by atoms with van der Waals surface area (Å²) in [5.41, 5.74) is 5.13. The summed E-state index contributed by atoms with van der Waals surface area (Å²) < 4.78 is 0. The van der Waals surface area contributed by atoms with E-state index in [-0.39, 0.29) is 6.54 Å². The molecule has 0 saturated heterocycles. The van der Waals surface area contributed by atoms with Gasteiger partial charge in [-0.05, 0) is 7.05 Å². The molecular formula is C6H16N2O2.